The molecule has 0 radical (unpaired) electrons. The maximum Gasteiger partial charge on any atom is 0.257 e. The van der Waals surface area contributed by atoms with Crippen molar-refractivity contribution in [2.75, 3.05) is 26.0 Å². The molecular weight excluding hydrogens is 346 g/mol. The Labute approximate surface area is 159 Å². The van der Waals surface area contributed by atoms with Crippen molar-refractivity contribution >= 4 is 17.7 Å². The first kappa shape index (κ1) is 19.9. The van der Waals surface area contributed by atoms with Gasteiger partial charge in [0.2, 0.25) is 0 Å². The standard InChI is InChI=1S/C21H25NO3S/c1-3-7-17-10-11-19(20(14-17)24-2)25-15-21(23)22-12-13-26-16-18-8-5-4-6-9-18/h3-6,8-11,14H,1,7,12-13,15-16H2,2H3,(H,22,23). The third kappa shape index (κ3) is 6.84. The van der Waals surface area contributed by atoms with Gasteiger partial charge in [-0.05, 0) is 29.7 Å². The second kappa shape index (κ2) is 11.3. The monoisotopic (exact) mass is 371 g/mol. The minimum Gasteiger partial charge on any atom is -0.493 e. The Kier molecular flexibility index (Phi) is 8.63. The highest BCUT2D eigenvalue weighted by molar-refractivity contribution is 7.98. The quantitative estimate of drug-likeness (QED) is 0.481. The van der Waals surface area contributed by atoms with Crippen LogP contribution in [0.15, 0.2) is 61.2 Å². The van der Waals surface area contributed by atoms with E-state index in [9.17, 15) is 4.79 Å². The van der Waals surface area contributed by atoms with Gasteiger partial charge in [0.1, 0.15) is 0 Å². The number of carbonyl (C=O) groups excluding carboxylic acids is 1. The Morgan fingerprint density at radius 2 is 1.96 bits per heavy atom. The summed E-state index contributed by atoms with van der Waals surface area (Å²) in [4.78, 5) is 11.9. The van der Waals surface area contributed by atoms with E-state index in [-0.39, 0.29) is 12.5 Å². The molecule has 0 bridgehead atoms. The molecule has 26 heavy (non-hydrogen) atoms. The molecule has 4 nitrogen and oxygen atoms in total. The number of amides is 1. The summed E-state index contributed by atoms with van der Waals surface area (Å²) in [6.07, 6.45) is 2.59. The van der Waals surface area contributed by atoms with Gasteiger partial charge >= 0.3 is 0 Å². The second-order valence-electron chi connectivity index (χ2n) is 5.65. The van der Waals surface area contributed by atoms with Gasteiger partial charge in [-0.1, -0.05) is 42.5 Å². The predicted octanol–water partition coefficient (Wildman–Crippen LogP) is 3.85. The van der Waals surface area contributed by atoms with Crippen LogP contribution in [0.3, 0.4) is 0 Å². The number of thioether (sulfide) groups is 1. The predicted molar refractivity (Wildman–Crippen MR) is 108 cm³/mol. The normalized spacial score (nSPS) is 10.2. The molecule has 138 valence electrons. The summed E-state index contributed by atoms with van der Waals surface area (Å²) in [5, 5.41) is 2.87. The summed E-state index contributed by atoms with van der Waals surface area (Å²) >= 11 is 1.79. The maximum absolute atomic E-state index is 11.9. The number of ether oxygens (including phenoxy) is 2. The lowest BCUT2D eigenvalue weighted by Gasteiger charge is -2.12. The molecule has 0 aliphatic rings. The minimum atomic E-state index is -0.137. The first-order valence-corrected chi connectivity index (χ1v) is 9.67. The molecule has 0 aromatic heterocycles. The van der Waals surface area contributed by atoms with Crippen molar-refractivity contribution in [3.8, 4) is 11.5 Å². The minimum absolute atomic E-state index is 0.0273. The molecule has 5 heteroatoms. The van der Waals surface area contributed by atoms with Crippen molar-refractivity contribution in [2.45, 2.75) is 12.2 Å². The molecule has 0 atom stereocenters. The second-order valence-corrected chi connectivity index (χ2v) is 6.76. The lowest BCUT2D eigenvalue weighted by molar-refractivity contribution is -0.122. The number of hydrogen-bond acceptors (Lipinski definition) is 4. The molecular formula is C21H25NO3S. The molecule has 0 spiro atoms. The van der Waals surface area contributed by atoms with Crippen molar-refractivity contribution in [2.24, 2.45) is 0 Å². The largest absolute Gasteiger partial charge is 0.493 e. The molecule has 0 saturated carbocycles. The number of methoxy groups -OCH3 is 1. The van der Waals surface area contributed by atoms with Gasteiger partial charge in [-0.2, -0.15) is 11.8 Å². The maximum atomic E-state index is 11.9. The van der Waals surface area contributed by atoms with E-state index in [1.807, 2.05) is 42.5 Å². The molecule has 0 fully saturated rings. The smallest absolute Gasteiger partial charge is 0.257 e. The molecule has 2 aromatic carbocycles. The zero-order valence-corrected chi connectivity index (χ0v) is 15.9. The molecule has 0 saturated heterocycles. The lowest BCUT2D eigenvalue weighted by atomic mass is 10.1. The molecule has 0 aliphatic heterocycles. The highest BCUT2D eigenvalue weighted by Gasteiger charge is 2.08. The fourth-order valence-corrected chi connectivity index (χ4v) is 3.16. The van der Waals surface area contributed by atoms with Gasteiger partial charge in [0, 0.05) is 18.1 Å². The first-order valence-electron chi connectivity index (χ1n) is 8.52. The van der Waals surface area contributed by atoms with Gasteiger partial charge in [0.05, 0.1) is 7.11 Å². The van der Waals surface area contributed by atoms with Crippen molar-refractivity contribution < 1.29 is 14.3 Å². The van der Waals surface area contributed by atoms with Crippen LogP contribution in [0.25, 0.3) is 0 Å². The summed E-state index contributed by atoms with van der Waals surface area (Å²) in [6, 6.07) is 15.9. The zero-order valence-electron chi connectivity index (χ0n) is 15.1. The van der Waals surface area contributed by atoms with E-state index in [4.69, 9.17) is 9.47 Å². The van der Waals surface area contributed by atoms with E-state index in [0.717, 1.165) is 23.5 Å². The van der Waals surface area contributed by atoms with Crippen molar-refractivity contribution in [3.05, 3.63) is 72.3 Å². The molecule has 2 rings (SSSR count). The van der Waals surface area contributed by atoms with Crippen LogP contribution in [0.1, 0.15) is 11.1 Å². The van der Waals surface area contributed by atoms with Crippen LogP contribution in [-0.4, -0.2) is 31.9 Å². The van der Waals surface area contributed by atoms with E-state index in [0.29, 0.717) is 18.0 Å². The average molecular weight is 372 g/mol. The number of carbonyl (C=O) groups is 1. The zero-order chi connectivity index (χ0) is 18.6. The van der Waals surface area contributed by atoms with E-state index >= 15 is 0 Å². The summed E-state index contributed by atoms with van der Waals surface area (Å²) in [6.45, 7) is 4.32. The molecule has 2 aromatic rings. The summed E-state index contributed by atoms with van der Waals surface area (Å²) in [5.74, 6) is 2.86. The van der Waals surface area contributed by atoms with Crippen LogP contribution in [0, 0.1) is 0 Å². The number of benzene rings is 2. The van der Waals surface area contributed by atoms with Gasteiger partial charge < -0.3 is 14.8 Å². The Balaban J connectivity index is 1.67. The number of rotatable bonds is 11. The first-order chi connectivity index (χ1) is 12.7. The third-order valence-corrected chi connectivity index (χ3v) is 4.68. The highest BCUT2D eigenvalue weighted by atomic mass is 32.2. The van der Waals surface area contributed by atoms with Crippen molar-refractivity contribution in [1.82, 2.24) is 5.32 Å². The Morgan fingerprint density at radius 1 is 1.15 bits per heavy atom. The van der Waals surface area contributed by atoms with Gasteiger partial charge in [0.15, 0.2) is 18.1 Å². The average Bonchev–Trinajstić information content (AvgIpc) is 2.67. The van der Waals surface area contributed by atoms with Crippen LogP contribution in [-0.2, 0) is 17.0 Å². The highest BCUT2D eigenvalue weighted by Crippen LogP contribution is 2.28. The molecule has 1 amide bonds. The van der Waals surface area contributed by atoms with Crippen molar-refractivity contribution in [1.29, 1.82) is 0 Å². The molecule has 0 unspecified atom stereocenters. The molecule has 1 N–H and O–H groups in total. The van der Waals surface area contributed by atoms with Crippen molar-refractivity contribution in [3.63, 3.8) is 0 Å². The SMILES string of the molecule is C=CCc1ccc(OCC(=O)NCCSCc2ccccc2)c(OC)c1. The molecule has 0 aliphatic carbocycles. The summed E-state index contributed by atoms with van der Waals surface area (Å²) in [7, 11) is 1.59. The van der Waals surface area contributed by atoms with E-state index in [2.05, 4.69) is 24.0 Å². The van der Waals surface area contributed by atoms with Crippen LogP contribution < -0.4 is 14.8 Å². The van der Waals surface area contributed by atoms with Crippen LogP contribution in [0.2, 0.25) is 0 Å². The van der Waals surface area contributed by atoms with Gasteiger partial charge in [-0.25, -0.2) is 0 Å². The van der Waals surface area contributed by atoms with Gasteiger partial charge in [0.25, 0.3) is 5.91 Å². The Hall–Kier alpha value is -2.40. The third-order valence-electron chi connectivity index (χ3n) is 3.65. The van der Waals surface area contributed by atoms with Crippen LogP contribution in [0.4, 0.5) is 0 Å². The molecule has 0 heterocycles. The van der Waals surface area contributed by atoms with Gasteiger partial charge in [-0.15, -0.1) is 6.58 Å². The summed E-state index contributed by atoms with van der Waals surface area (Å²) < 4.78 is 10.9. The number of allylic oxidation sites excluding steroid dienone is 1. The van der Waals surface area contributed by atoms with Crippen LogP contribution in [0.5, 0.6) is 11.5 Å². The fraction of sp³-hybridized carbons (Fsp3) is 0.286. The van der Waals surface area contributed by atoms with Crippen LogP contribution >= 0.6 is 11.8 Å². The topological polar surface area (TPSA) is 47.6 Å². The van der Waals surface area contributed by atoms with E-state index in [1.165, 1.54) is 5.56 Å². The summed E-state index contributed by atoms with van der Waals surface area (Å²) in [5.41, 5.74) is 2.38. The lowest BCUT2D eigenvalue weighted by Crippen LogP contribution is -2.30. The number of hydrogen-bond donors (Lipinski definition) is 1. The fourth-order valence-electron chi connectivity index (χ4n) is 2.35. The van der Waals surface area contributed by atoms with Gasteiger partial charge in [-0.3, -0.25) is 4.79 Å². The Morgan fingerprint density at radius 3 is 2.69 bits per heavy atom. The number of nitrogens with one attached hydrogen (secondary N) is 1. The van der Waals surface area contributed by atoms with E-state index in [1.54, 1.807) is 18.9 Å². The Bertz CT molecular complexity index is 704. The van der Waals surface area contributed by atoms with E-state index < -0.39 is 0 Å².